The third kappa shape index (κ3) is 6.81. The summed E-state index contributed by atoms with van der Waals surface area (Å²) in [4.78, 5) is 33.3. The standard InChI is InChI=1S/C26H31N7O5S/c1-4-6-22(31-26-27-11-12-28-26)38-25(35)21(33-39(36,37)23-16(2)7-5-8-17(23)3)15-29-24(34)18-9-10-19-14-30-32-20(19)13-18/h5,7-14,21-22,33H,4,6,15H2,1-3H3,(H,29,34)(H,30,32)(H2,27,28,31). The Kier molecular flexibility index (Phi) is 8.62. The van der Waals surface area contributed by atoms with E-state index in [1.807, 2.05) is 6.92 Å². The number of nitrogens with one attached hydrogen (secondary N) is 5. The molecule has 0 fully saturated rings. The number of ether oxygens (including phenoxy) is 1. The lowest BCUT2D eigenvalue weighted by molar-refractivity contribution is -0.149. The van der Waals surface area contributed by atoms with E-state index >= 15 is 0 Å². The Hall–Kier alpha value is -4.23. The molecule has 2 heterocycles. The van der Waals surface area contributed by atoms with Gasteiger partial charge in [0.1, 0.15) is 6.04 Å². The Labute approximate surface area is 226 Å². The highest BCUT2D eigenvalue weighted by atomic mass is 32.2. The first kappa shape index (κ1) is 27.8. The number of aromatic amines is 2. The van der Waals surface area contributed by atoms with Crippen LogP contribution in [0.5, 0.6) is 0 Å². The average Bonchev–Trinajstić information content (AvgIpc) is 3.57. The second-order valence-corrected chi connectivity index (χ2v) is 10.7. The Morgan fingerprint density at radius 3 is 2.59 bits per heavy atom. The van der Waals surface area contributed by atoms with Crippen molar-refractivity contribution < 1.29 is 22.7 Å². The Morgan fingerprint density at radius 2 is 1.90 bits per heavy atom. The number of esters is 1. The highest BCUT2D eigenvalue weighted by molar-refractivity contribution is 7.89. The summed E-state index contributed by atoms with van der Waals surface area (Å²) in [6.07, 6.45) is 5.14. The molecule has 206 valence electrons. The van der Waals surface area contributed by atoms with Gasteiger partial charge in [0.05, 0.1) is 16.6 Å². The Morgan fingerprint density at radius 1 is 1.13 bits per heavy atom. The molecule has 2 aromatic heterocycles. The molecule has 1 amide bonds. The average molecular weight is 554 g/mol. The number of carbonyl (C=O) groups is 2. The SMILES string of the molecule is CCCC(Nc1ncc[nH]1)OC(=O)C(CNC(=O)c1ccc2cn[nH]c2c1)NS(=O)(=O)c1c(C)cccc1C. The van der Waals surface area contributed by atoms with Gasteiger partial charge in [-0.3, -0.25) is 14.7 Å². The molecule has 2 aromatic carbocycles. The first-order valence-corrected chi connectivity index (χ1v) is 13.9. The quantitative estimate of drug-likeness (QED) is 0.132. The summed E-state index contributed by atoms with van der Waals surface area (Å²) in [5.41, 5.74) is 2.03. The van der Waals surface area contributed by atoms with Crippen LogP contribution in [0.25, 0.3) is 10.9 Å². The van der Waals surface area contributed by atoms with E-state index in [1.165, 1.54) is 0 Å². The van der Waals surface area contributed by atoms with Crippen LogP contribution < -0.4 is 15.4 Å². The van der Waals surface area contributed by atoms with E-state index in [1.54, 1.807) is 68.8 Å². The molecule has 4 rings (SSSR count). The van der Waals surface area contributed by atoms with Crippen LogP contribution >= 0.6 is 0 Å². The number of aryl methyl sites for hydroxylation is 2. The number of sulfonamides is 1. The number of imidazole rings is 1. The highest BCUT2D eigenvalue weighted by Crippen LogP contribution is 2.20. The topological polar surface area (TPSA) is 171 Å². The minimum atomic E-state index is -4.15. The van der Waals surface area contributed by atoms with Crippen molar-refractivity contribution in [3.63, 3.8) is 0 Å². The molecule has 39 heavy (non-hydrogen) atoms. The normalized spacial score (nSPS) is 13.1. The van der Waals surface area contributed by atoms with Crippen molar-refractivity contribution in [2.45, 2.75) is 50.8 Å². The fraction of sp³-hybridized carbons (Fsp3) is 0.308. The minimum absolute atomic E-state index is 0.0673. The third-order valence-corrected chi connectivity index (χ3v) is 7.81. The molecule has 0 saturated carbocycles. The van der Waals surface area contributed by atoms with Crippen LogP contribution in [0.3, 0.4) is 0 Å². The van der Waals surface area contributed by atoms with E-state index in [9.17, 15) is 18.0 Å². The molecule has 0 aliphatic carbocycles. The minimum Gasteiger partial charge on any atom is -0.440 e. The number of fused-ring (bicyclic) bond motifs is 1. The maximum Gasteiger partial charge on any atom is 0.327 e. The lowest BCUT2D eigenvalue weighted by Crippen LogP contribution is -2.50. The first-order chi connectivity index (χ1) is 18.7. The fourth-order valence-electron chi connectivity index (χ4n) is 4.16. The van der Waals surface area contributed by atoms with E-state index < -0.39 is 34.2 Å². The van der Waals surface area contributed by atoms with E-state index in [0.717, 1.165) is 5.39 Å². The van der Waals surface area contributed by atoms with Gasteiger partial charge in [-0.15, -0.1) is 0 Å². The van der Waals surface area contributed by atoms with Crippen LogP contribution in [-0.2, 0) is 19.6 Å². The van der Waals surface area contributed by atoms with E-state index in [-0.39, 0.29) is 11.4 Å². The van der Waals surface area contributed by atoms with Gasteiger partial charge in [-0.25, -0.2) is 13.4 Å². The van der Waals surface area contributed by atoms with Crippen molar-refractivity contribution in [3.8, 4) is 0 Å². The van der Waals surface area contributed by atoms with Crippen LogP contribution in [-0.4, -0.2) is 59.3 Å². The summed E-state index contributed by atoms with van der Waals surface area (Å²) >= 11 is 0. The molecule has 0 saturated heterocycles. The summed E-state index contributed by atoms with van der Waals surface area (Å²) in [7, 11) is -4.15. The second kappa shape index (κ2) is 12.1. The van der Waals surface area contributed by atoms with Crippen LogP contribution in [0.1, 0.15) is 41.3 Å². The van der Waals surface area contributed by atoms with Crippen molar-refractivity contribution in [1.82, 2.24) is 30.2 Å². The van der Waals surface area contributed by atoms with Gasteiger partial charge in [0.25, 0.3) is 5.91 Å². The smallest absolute Gasteiger partial charge is 0.327 e. The summed E-state index contributed by atoms with van der Waals surface area (Å²) < 4.78 is 34.9. The molecule has 0 radical (unpaired) electrons. The van der Waals surface area contributed by atoms with Crippen LogP contribution in [0.2, 0.25) is 0 Å². The lowest BCUT2D eigenvalue weighted by Gasteiger charge is -2.24. The van der Waals surface area contributed by atoms with Gasteiger partial charge < -0.3 is 20.4 Å². The van der Waals surface area contributed by atoms with Gasteiger partial charge in [0.2, 0.25) is 16.0 Å². The summed E-state index contributed by atoms with van der Waals surface area (Å²) in [5, 5.41) is 13.2. The Bertz CT molecular complexity index is 1530. The number of hydrogen-bond donors (Lipinski definition) is 5. The van der Waals surface area contributed by atoms with Crippen LogP contribution in [0.4, 0.5) is 5.95 Å². The zero-order chi connectivity index (χ0) is 28.0. The molecule has 0 bridgehead atoms. The van der Waals surface area contributed by atoms with E-state index in [2.05, 4.69) is 35.5 Å². The molecule has 0 aliphatic heterocycles. The number of benzene rings is 2. The van der Waals surface area contributed by atoms with Gasteiger partial charge in [-0.2, -0.15) is 9.82 Å². The van der Waals surface area contributed by atoms with Crippen molar-refractivity contribution in [2.24, 2.45) is 0 Å². The number of carbonyl (C=O) groups excluding carboxylic acids is 2. The molecule has 12 nitrogen and oxygen atoms in total. The van der Waals surface area contributed by atoms with Gasteiger partial charge in [0, 0.05) is 36.3 Å². The van der Waals surface area contributed by atoms with Gasteiger partial charge in [-0.05, 0) is 37.1 Å². The zero-order valence-corrected chi connectivity index (χ0v) is 22.6. The molecule has 2 atom stereocenters. The second-order valence-electron chi connectivity index (χ2n) is 9.07. The number of nitrogens with zero attached hydrogens (tertiary/aromatic N) is 2. The molecular formula is C26H31N7O5S. The predicted octanol–water partition coefficient (Wildman–Crippen LogP) is 2.76. The molecule has 0 aliphatic rings. The summed E-state index contributed by atoms with van der Waals surface area (Å²) in [5.74, 6) is -0.947. The predicted molar refractivity (Wildman–Crippen MR) is 145 cm³/mol. The van der Waals surface area contributed by atoms with Crippen molar-refractivity contribution >= 4 is 38.8 Å². The molecule has 13 heteroatoms. The monoisotopic (exact) mass is 553 g/mol. The first-order valence-electron chi connectivity index (χ1n) is 12.4. The van der Waals surface area contributed by atoms with E-state index in [0.29, 0.717) is 41.0 Å². The van der Waals surface area contributed by atoms with Crippen molar-refractivity contribution in [3.05, 3.63) is 71.7 Å². The highest BCUT2D eigenvalue weighted by Gasteiger charge is 2.31. The molecule has 4 aromatic rings. The number of amides is 1. The summed E-state index contributed by atoms with van der Waals surface area (Å²) in [6.45, 7) is 4.92. The van der Waals surface area contributed by atoms with Crippen LogP contribution in [0, 0.1) is 13.8 Å². The molecule has 5 N–H and O–H groups in total. The number of H-pyrrole nitrogens is 2. The Balaban J connectivity index is 1.55. The number of hydrogen-bond acceptors (Lipinski definition) is 8. The van der Waals surface area contributed by atoms with Gasteiger partial charge in [-0.1, -0.05) is 37.6 Å². The maximum atomic E-state index is 13.4. The zero-order valence-electron chi connectivity index (χ0n) is 21.8. The maximum absolute atomic E-state index is 13.4. The largest absolute Gasteiger partial charge is 0.440 e. The lowest BCUT2D eigenvalue weighted by atomic mass is 10.1. The number of anilines is 1. The number of aromatic nitrogens is 4. The summed E-state index contributed by atoms with van der Waals surface area (Å²) in [6, 6.07) is 8.66. The van der Waals surface area contributed by atoms with Crippen molar-refractivity contribution in [2.75, 3.05) is 11.9 Å². The number of rotatable bonds is 12. The molecule has 2 unspecified atom stereocenters. The van der Waals surface area contributed by atoms with Crippen LogP contribution in [0.15, 0.2) is 59.9 Å². The molecular weight excluding hydrogens is 522 g/mol. The van der Waals surface area contributed by atoms with Gasteiger partial charge >= 0.3 is 5.97 Å². The van der Waals surface area contributed by atoms with Crippen molar-refractivity contribution in [1.29, 1.82) is 0 Å². The third-order valence-electron chi connectivity index (χ3n) is 6.04. The van der Waals surface area contributed by atoms with E-state index in [4.69, 9.17) is 4.74 Å². The fourth-order valence-corrected chi connectivity index (χ4v) is 5.82. The van der Waals surface area contributed by atoms with Gasteiger partial charge in [0.15, 0.2) is 6.23 Å². The molecule has 0 spiro atoms.